The molecule has 0 amide bonds. The molecule has 0 spiro atoms. The van der Waals surface area contributed by atoms with E-state index in [1.165, 1.54) is 0 Å². The Labute approximate surface area is 119 Å². The Morgan fingerprint density at radius 3 is 2.15 bits per heavy atom. The molecule has 2 aromatic rings. The molecular formula is C17H19NO2. The van der Waals surface area contributed by atoms with Gasteiger partial charge in [0.1, 0.15) is 0 Å². The average Bonchev–Trinajstić information content (AvgIpc) is 2.50. The normalized spacial score (nSPS) is 11.2. The van der Waals surface area contributed by atoms with Crippen molar-refractivity contribution >= 4 is 11.3 Å². The summed E-state index contributed by atoms with van der Waals surface area (Å²) in [4.78, 5) is 0. The van der Waals surface area contributed by atoms with Crippen molar-refractivity contribution in [3.63, 3.8) is 0 Å². The highest BCUT2D eigenvalue weighted by molar-refractivity contribution is 5.86. The monoisotopic (exact) mass is 269 g/mol. The molecule has 0 fully saturated rings. The molecule has 0 saturated heterocycles. The molecule has 2 rings (SSSR count). The van der Waals surface area contributed by atoms with Crippen molar-refractivity contribution in [2.75, 3.05) is 20.0 Å². The van der Waals surface area contributed by atoms with Crippen LogP contribution in [0, 0.1) is 0 Å². The maximum atomic E-state index is 6.16. The van der Waals surface area contributed by atoms with E-state index in [0.29, 0.717) is 17.2 Å². The second kappa shape index (κ2) is 6.15. The number of benzene rings is 2. The number of nitrogen functional groups attached to an aromatic ring is 1. The number of methoxy groups -OCH3 is 2. The summed E-state index contributed by atoms with van der Waals surface area (Å²) in [7, 11) is 3.22. The molecule has 0 radical (unpaired) electrons. The average molecular weight is 269 g/mol. The molecule has 2 N–H and O–H groups in total. The van der Waals surface area contributed by atoms with Crippen LogP contribution in [-0.4, -0.2) is 14.2 Å². The number of ether oxygens (including phenoxy) is 2. The van der Waals surface area contributed by atoms with Crippen LogP contribution in [0.15, 0.2) is 48.5 Å². The molecule has 0 bridgehead atoms. The maximum Gasteiger partial charge on any atom is 0.162 e. The van der Waals surface area contributed by atoms with E-state index < -0.39 is 0 Å². The summed E-state index contributed by atoms with van der Waals surface area (Å²) in [6.45, 7) is 2.00. The van der Waals surface area contributed by atoms with Crippen molar-refractivity contribution in [3.05, 3.63) is 59.7 Å². The number of nitrogens with two attached hydrogens (primary N) is 1. The van der Waals surface area contributed by atoms with E-state index >= 15 is 0 Å². The zero-order valence-corrected chi connectivity index (χ0v) is 12.0. The van der Waals surface area contributed by atoms with Gasteiger partial charge < -0.3 is 15.2 Å². The van der Waals surface area contributed by atoms with E-state index in [-0.39, 0.29) is 0 Å². The van der Waals surface area contributed by atoms with Crippen molar-refractivity contribution < 1.29 is 9.47 Å². The Bertz CT molecular complexity index is 618. The minimum absolute atomic E-state index is 0.636. The third-order valence-corrected chi connectivity index (χ3v) is 3.22. The van der Waals surface area contributed by atoms with E-state index in [2.05, 4.69) is 12.1 Å². The van der Waals surface area contributed by atoms with Gasteiger partial charge in [-0.1, -0.05) is 36.4 Å². The minimum Gasteiger partial charge on any atom is -0.493 e. The van der Waals surface area contributed by atoms with E-state index in [9.17, 15) is 0 Å². The molecule has 3 nitrogen and oxygen atoms in total. The van der Waals surface area contributed by atoms with Gasteiger partial charge >= 0.3 is 0 Å². The fourth-order valence-corrected chi connectivity index (χ4v) is 2.22. The maximum absolute atomic E-state index is 6.16. The largest absolute Gasteiger partial charge is 0.493 e. The topological polar surface area (TPSA) is 44.5 Å². The van der Waals surface area contributed by atoms with Gasteiger partial charge in [0.05, 0.1) is 14.2 Å². The standard InChI is InChI=1S/C17H19NO2/c1-4-13(12-8-6-5-7-9-12)14-10-16(19-2)17(20-3)11-15(14)18/h4-11H,18H2,1-3H3/b13-4+. The van der Waals surface area contributed by atoms with Gasteiger partial charge in [0.25, 0.3) is 0 Å². The Kier molecular flexibility index (Phi) is 4.31. The van der Waals surface area contributed by atoms with Crippen molar-refractivity contribution in [2.24, 2.45) is 0 Å². The lowest BCUT2D eigenvalue weighted by Crippen LogP contribution is -1.99. The summed E-state index contributed by atoms with van der Waals surface area (Å²) in [6, 6.07) is 13.8. The number of hydrogen-bond donors (Lipinski definition) is 1. The van der Waals surface area contributed by atoms with Gasteiger partial charge in [-0.05, 0) is 24.1 Å². The number of hydrogen-bond acceptors (Lipinski definition) is 3. The molecule has 104 valence electrons. The SMILES string of the molecule is C/C=C(\c1ccccc1)c1cc(OC)c(OC)cc1N. The Morgan fingerprint density at radius 2 is 1.60 bits per heavy atom. The minimum atomic E-state index is 0.636. The summed E-state index contributed by atoms with van der Waals surface area (Å²) in [5.41, 5.74) is 9.96. The van der Waals surface area contributed by atoms with Gasteiger partial charge in [-0.15, -0.1) is 0 Å². The fraction of sp³-hybridized carbons (Fsp3) is 0.176. The van der Waals surface area contributed by atoms with Gasteiger partial charge in [-0.25, -0.2) is 0 Å². The molecule has 0 aliphatic rings. The number of rotatable bonds is 4. The molecule has 0 aromatic heterocycles. The highest BCUT2D eigenvalue weighted by atomic mass is 16.5. The lowest BCUT2D eigenvalue weighted by atomic mass is 9.96. The van der Waals surface area contributed by atoms with Crippen LogP contribution >= 0.6 is 0 Å². The molecule has 0 saturated carbocycles. The lowest BCUT2D eigenvalue weighted by molar-refractivity contribution is 0.355. The Balaban J connectivity index is 2.56. The van der Waals surface area contributed by atoms with Crippen molar-refractivity contribution in [1.29, 1.82) is 0 Å². The van der Waals surface area contributed by atoms with Crippen LogP contribution in [0.2, 0.25) is 0 Å². The molecule has 0 aliphatic heterocycles. The number of allylic oxidation sites excluding steroid dienone is 1. The summed E-state index contributed by atoms with van der Waals surface area (Å²) in [5, 5.41) is 0. The van der Waals surface area contributed by atoms with Crippen LogP contribution in [-0.2, 0) is 0 Å². The molecule has 0 unspecified atom stereocenters. The van der Waals surface area contributed by atoms with Gasteiger partial charge in [0.15, 0.2) is 11.5 Å². The van der Waals surface area contributed by atoms with Crippen LogP contribution in [0.1, 0.15) is 18.1 Å². The third kappa shape index (κ3) is 2.62. The molecule has 20 heavy (non-hydrogen) atoms. The summed E-state index contributed by atoms with van der Waals surface area (Å²) in [5.74, 6) is 1.31. The highest BCUT2D eigenvalue weighted by Crippen LogP contribution is 2.37. The number of anilines is 1. The zero-order chi connectivity index (χ0) is 14.5. The first-order valence-corrected chi connectivity index (χ1v) is 6.44. The highest BCUT2D eigenvalue weighted by Gasteiger charge is 2.13. The van der Waals surface area contributed by atoms with Crippen molar-refractivity contribution in [3.8, 4) is 11.5 Å². The lowest BCUT2D eigenvalue weighted by Gasteiger charge is -2.15. The predicted octanol–water partition coefficient (Wildman–Crippen LogP) is 3.74. The van der Waals surface area contributed by atoms with E-state index in [1.54, 1.807) is 20.3 Å². The third-order valence-electron chi connectivity index (χ3n) is 3.22. The Hall–Kier alpha value is -2.42. The second-order valence-corrected chi connectivity index (χ2v) is 4.36. The van der Waals surface area contributed by atoms with Crippen LogP contribution in [0.25, 0.3) is 5.57 Å². The summed E-state index contributed by atoms with van der Waals surface area (Å²) < 4.78 is 10.6. The molecule has 0 aliphatic carbocycles. The first kappa shape index (κ1) is 14.0. The predicted molar refractivity (Wildman–Crippen MR) is 83.2 cm³/mol. The quantitative estimate of drug-likeness (QED) is 0.860. The van der Waals surface area contributed by atoms with Crippen molar-refractivity contribution in [1.82, 2.24) is 0 Å². The van der Waals surface area contributed by atoms with Crippen LogP contribution in [0.3, 0.4) is 0 Å². The Morgan fingerprint density at radius 1 is 1.00 bits per heavy atom. The summed E-state index contributed by atoms with van der Waals surface area (Å²) >= 11 is 0. The first-order chi connectivity index (χ1) is 9.71. The van der Waals surface area contributed by atoms with Crippen LogP contribution in [0.4, 0.5) is 5.69 Å². The molecular weight excluding hydrogens is 250 g/mol. The smallest absolute Gasteiger partial charge is 0.162 e. The van der Waals surface area contributed by atoms with E-state index in [4.69, 9.17) is 15.2 Å². The second-order valence-electron chi connectivity index (χ2n) is 4.36. The molecule has 3 heteroatoms. The summed E-state index contributed by atoms with van der Waals surface area (Å²) in [6.07, 6.45) is 2.05. The van der Waals surface area contributed by atoms with Gasteiger partial charge in [-0.2, -0.15) is 0 Å². The van der Waals surface area contributed by atoms with E-state index in [1.807, 2.05) is 37.3 Å². The molecule has 0 heterocycles. The first-order valence-electron chi connectivity index (χ1n) is 6.44. The van der Waals surface area contributed by atoms with Gasteiger partial charge in [0, 0.05) is 17.3 Å². The van der Waals surface area contributed by atoms with Crippen LogP contribution in [0.5, 0.6) is 11.5 Å². The van der Waals surface area contributed by atoms with Gasteiger partial charge in [0.2, 0.25) is 0 Å². The molecule has 0 atom stereocenters. The molecule has 2 aromatic carbocycles. The van der Waals surface area contributed by atoms with Crippen LogP contribution < -0.4 is 15.2 Å². The van der Waals surface area contributed by atoms with E-state index in [0.717, 1.165) is 16.7 Å². The zero-order valence-electron chi connectivity index (χ0n) is 12.0. The van der Waals surface area contributed by atoms with Crippen molar-refractivity contribution in [2.45, 2.75) is 6.92 Å². The van der Waals surface area contributed by atoms with Gasteiger partial charge in [-0.3, -0.25) is 0 Å². The fourth-order valence-electron chi connectivity index (χ4n) is 2.22.